The Morgan fingerprint density at radius 2 is 2.00 bits per heavy atom. The van der Waals surface area contributed by atoms with E-state index >= 15 is 0 Å². The van der Waals surface area contributed by atoms with Crippen LogP contribution in [0.25, 0.3) is 0 Å². The molecule has 0 aromatic rings. The Morgan fingerprint density at radius 1 is 1.33 bits per heavy atom. The van der Waals surface area contributed by atoms with E-state index in [2.05, 4.69) is 10.6 Å². The number of aldehydes is 1. The predicted octanol–water partition coefficient (Wildman–Crippen LogP) is 0.732. The molecular weight excluding hydrogens is 232 g/mol. The molecule has 18 heavy (non-hydrogen) atoms. The van der Waals surface area contributed by atoms with Gasteiger partial charge in [-0.2, -0.15) is 0 Å². The van der Waals surface area contributed by atoms with Gasteiger partial charge in [0, 0.05) is 6.61 Å². The first-order valence-corrected chi connectivity index (χ1v) is 6.38. The minimum absolute atomic E-state index is 0.0139. The molecule has 0 saturated heterocycles. The van der Waals surface area contributed by atoms with E-state index < -0.39 is 6.04 Å². The second-order valence-electron chi connectivity index (χ2n) is 5.41. The molecule has 1 atom stereocenters. The third kappa shape index (κ3) is 8.20. The Bertz CT molecular complexity index is 249. The van der Waals surface area contributed by atoms with E-state index in [0.29, 0.717) is 6.61 Å². The van der Waals surface area contributed by atoms with Gasteiger partial charge in [0.05, 0.1) is 6.04 Å². The van der Waals surface area contributed by atoms with Crippen LogP contribution in [-0.2, 0) is 14.3 Å². The quantitative estimate of drug-likeness (QED) is 0.473. The van der Waals surface area contributed by atoms with E-state index in [-0.39, 0.29) is 17.9 Å². The molecule has 2 N–H and O–H groups in total. The van der Waals surface area contributed by atoms with Gasteiger partial charge in [0.2, 0.25) is 5.91 Å². The van der Waals surface area contributed by atoms with Gasteiger partial charge in [0.25, 0.3) is 0 Å². The number of hydrogen-bond acceptors (Lipinski definition) is 4. The summed E-state index contributed by atoms with van der Waals surface area (Å²) in [6.45, 7) is 7.25. The van der Waals surface area contributed by atoms with Crippen molar-refractivity contribution >= 4 is 12.2 Å². The molecule has 0 aromatic carbocycles. The van der Waals surface area contributed by atoms with Crippen LogP contribution in [0.4, 0.5) is 0 Å². The van der Waals surface area contributed by atoms with Crippen LogP contribution in [0.3, 0.4) is 0 Å². The summed E-state index contributed by atoms with van der Waals surface area (Å²) < 4.78 is 5.24. The molecule has 0 rings (SSSR count). The van der Waals surface area contributed by atoms with E-state index in [9.17, 15) is 9.59 Å². The molecule has 5 nitrogen and oxygen atoms in total. The number of carbonyl (C=O) groups excluding carboxylic acids is 2. The van der Waals surface area contributed by atoms with Gasteiger partial charge in [0.15, 0.2) is 0 Å². The number of hydrogen-bond donors (Lipinski definition) is 2. The van der Waals surface area contributed by atoms with Crippen LogP contribution in [0.5, 0.6) is 0 Å². The highest BCUT2D eigenvalue weighted by Crippen LogP contribution is 2.17. The van der Waals surface area contributed by atoms with Crippen LogP contribution < -0.4 is 10.6 Å². The molecule has 0 aliphatic carbocycles. The zero-order valence-electron chi connectivity index (χ0n) is 11.9. The van der Waals surface area contributed by atoms with Gasteiger partial charge >= 0.3 is 0 Å². The first-order chi connectivity index (χ1) is 8.41. The standard InChI is InChI=1S/C13H26N2O3/c1-13(2,3)11(9-16)15-12(17)10-18-8-6-5-7-14-4/h9,11,14H,5-8,10H2,1-4H3,(H,15,17). The number of amides is 1. The summed E-state index contributed by atoms with van der Waals surface area (Å²) in [6, 6.07) is -0.474. The highest BCUT2D eigenvalue weighted by atomic mass is 16.5. The van der Waals surface area contributed by atoms with E-state index in [1.165, 1.54) is 0 Å². The van der Waals surface area contributed by atoms with E-state index in [1.807, 2.05) is 27.8 Å². The van der Waals surface area contributed by atoms with Crippen molar-refractivity contribution in [3.8, 4) is 0 Å². The third-order valence-electron chi connectivity index (χ3n) is 2.58. The monoisotopic (exact) mass is 258 g/mol. The lowest BCUT2D eigenvalue weighted by atomic mass is 9.88. The first-order valence-electron chi connectivity index (χ1n) is 6.38. The lowest BCUT2D eigenvalue weighted by Crippen LogP contribution is -2.46. The van der Waals surface area contributed by atoms with Crippen LogP contribution in [-0.4, -0.2) is 45.0 Å². The molecule has 106 valence electrons. The number of rotatable bonds is 9. The molecule has 1 amide bonds. The fraction of sp³-hybridized carbons (Fsp3) is 0.846. The molecule has 0 heterocycles. The van der Waals surface area contributed by atoms with Gasteiger partial charge < -0.3 is 20.2 Å². The van der Waals surface area contributed by atoms with E-state index in [1.54, 1.807) is 0 Å². The third-order valence-corrected chi connectivity index (χ3v) is 2.58. The smallest absolute Gasteiger partial charge is 0.246 e. The van der Waals surface area contributed by atoms with Crippen molar-refractivity contribution in [3.63, 3.8) is 0 Å². The van der Waals surface area contributed by atoms with Crippen molar-refractivity contribution in [1.29, 1.82) is 0 Å². The minimum Gasteiger partial charge on any atom is -0.372 e. The number of carbonyl (C=O) groups is 2. The molecule has 0 radical (unpaired) electrons. The Morgan fingerprint density at radius 3 is 2.50 bits per heavy atom. The van der Waals surface area contributed by atoms with Crippen molar-refractivity contribution in [3.05, 3.63) is 0 Å². The molecule has 0 aliphatic heterocycles. The van der Waals surface area contributed by atoms with Crippen LogP contribution in [0.2, 0.25) is 0 Å². The molecule has 0 bridgehead atoms. The summed E-state index contributed by atoms with van der Waals surface area (Å²) in [5, 5.41) is 5.71. The molecule has 0 fully saturated rings. The van der Waals surface area contributed by atoms with Crippen LogP contribution >= 0.6 is 0 Å². The van der Waals surface area contributed by atoms with E-state index in [0.717, 1.165) is 25.7 Å². The number of nitrogens with one attached hydrogen (secondary N) is 2. The van der Waals surface area contributed by atoms with Crippen LogP contribution in [0.1, 0.15) is 33.6 Å². The summed E-state index contributed by atoms with van der Waals surface area (Å²) in [4.78, 5) is 22.4. The second kappa shape index (κ2) is 9.05. The Hall–Kier alpha value is -0.940. The Balaban J connectivity index is 3.73. The molecule has 1 unspecified atom stereocenters. The van der Waals surface area contributed by atoms with Crippen molar-refractivity contribution < 1.29 is 14.3 Å². The highest BCUT2D eigenvalue weighted by Gasteiger charge is 2.25. The van der Waals surface area contributed by atoms with Gasteiger partial charge in [0.1, 0.15) is 12.9 Å². The van der Waals surface area contributed by atoms with E-state index in [4.69, 9.17) is 4.74 Å². The van der Waals surface area contributed by atoms with Gasteiger partial charge in [-0.05, 0) is 31.8 Å². The molecule has 0 spiro atoms. The minimum atomic E-state index is -0.474. The molecular formula is C13H26N2O3. The lowest BCUT2D eigenvalue weighted by Gasteiger charge is -2.26. The molecule has 0 aliphatic rings. The maximum absolute atomic E-state index is 11.5. The van der Waals surface area contributed by atoms with Gasteiger partial charge in [-0.3, -0.25) is 4.79 Å². The van der Waals surface area contributed by atoms with Crippen molar-refractivity contribution in [2.24, 2.45) is 5.41 Å². The summed E-state index contributed by atoms with van der Waals surface area (Å²) >= 11 is 0. The predicted molar refractivity (Wildman–Crippen MR) is 71.4 cm³/mol. The first kappa shape index (κ1) is 17.1. The fourth-order valence-electron chi connectivity index (χ4n) is 1.34. The summed E-state index contributed by atoms with van der Waals surface area (Å²) in [7, 11) is 1.90. The molecule has 5 heteroatoms. The largest absolute Gasteiger partial charge is 0.372 e. The summed E-state index contributed by atoms with van der Waals surface area (Å²) in [6.07, 6.45) is 2.71. The Labute approximate surface area is 110 Å². The Kier molecular flexibility index (Phi) is 8.58. The molecule has 0 saturated carbocycles. The zero-order chi connectivity index (χ0) is 14.0. The fourth-order valence-corrected chi connectivity index (χ4v) is 1.34. The second-order valence-corrected chi connectivity index (χ2v) is 5.41. The number of unbranched alkanes of at least 4 members (excludes halogenated alkanes) is 1. The topological polar surface area (TPSA) is 67.4 Å². The van der Waals surface area contributed by atoms with Gasteiger partial charge in [-0.25, -0.2) is 0 Å². The highest BCUT2D eigenvalue weighted by molar-refractivity contribution is 5.80. The van der Waals surface area contributed by atoms with Crippen molar-refractivity contribution in [2.45, 2.75) is 39.7 Å². The summed E-state index contributed by atoms with van der Waals surface area (Å²) in [5.74, 6) is -0.240. The zero-order valence-corrected chi connectivity index (χ0v) is 11.9. The van der Waals surface area contributed by atoms with Crippen LogP contribution in [0.15, 0.2) is 0 Å². The molecule has 0 aromatic heterocycles. The summed E-state index contributed by atoms with van der Waals surface area (Å²) in [5.41, 5.74) is -0.274. The maximum Gasteiger partial charge on any atom is 0.246 e. The normalized spacial score (nSPS) is 13.1. The average molecular weight is 258 g/mol. The van der Waals surface area contributed by atoms with Crippen molar-refractivity contribution in [2.75, 3.05) is 26.8 Å². The van der Waals surface area contributed by atoms with Crippen molar-refractivity contribution in [1.82, 2.24) is 10.6 Å². The lowest BCUT2D eigenvalue weighted by molar-refractivity contribution is -0.129. The van der Waals surface area contributed by atoms with Gasteiger partial charge in [-0.15, -0.1) is 0 Å². The maximum atomic E-state index is 11.5. The van der Waals surface area contributed by atoms with Gasteiger partial charge in [-0.1, -0.05) is 20.8 Å². The SMILES string of the molecule is CNCCCCOCC(=O)NC(C=O)C(C)(C)C. The number of ether oxygens (including phenoxy) is 1. The average Bonchev–Trinajstić information content (AvgIpc) is 2.29. The van der Waals surface area contributed by atoms with Crippen LogP contribution in [0, 0.1) is 5.41 Å².